The van der Waals surface area contributed by atoms with Crippen molar-refractivity contribution in [2.24, 2.45) is 5.92 Å². The van der Waals surface area contributed by atoms with Crippen LogP contribution in [0.25, 0.3) is 0 Å². The van der Waals surface area contributed by atoms with Crippen LogP contribution in [0.5, 0.6) is 0 Å². The Morgan fingerprint density at radius 3 is 1.95 bits per heavy atom. The molecule has 0 atom stereocenters. The van der Waals surface area contributed by atoms with Crippen molar-refractivity contribution in [1.82, 2.24) is 0 Å². The molecule has 1 fully saturated rings. The van der Waals surface area contributed by atoms with Crippen molar-refractivity contribution in [3.63, 3.8) is 0 Å². The molecule has 0 aliphatic heterocycles. The van der Waals surface area contributed by atoms with Crippen LogP contribution in [0, 0.1) is 5.92 Å². The Morgan fingerprint density at radius 1 is 0.947 bits per heavy atom. The van der Waals surface area contributed by atoms with Gasteiger partial charge in [-0.3, -0.25) is 0 Å². The first-order valence-corrected chi connectivity index (χ1v) is 8.40. The molecular weight excluding hydrogens is 236 g/mol. The molecule has 2 heteroatoms. The van der Waals surface area contributed by atoms with Gasteiger partial charge < -0.3 is 9.90 Å². The highest BCUT2D eigenvalue weighted by Gasteiger charge is 2.11. The van der Waals surface area contributed by atoms with Crippen LogP contribution in [0.1, 0.15) is 97.3 Å². The van der Waals surface area contributed by atoms with Gasteiger partial charge in [0.2, 0.25) is 0 Å². The molecule has 0 radical (unpaired) electrons. The molecule has 0 aromatic rings. The predicted molar refractivity (Wildman–Crippen MR) is 79.9 cm³/mol. The fourth-order valence-electron chi connectivity index (χ4n) is 2.69. The Kier molecular flexibility index (Phi) is 13.5. The Balaban J connectivity index is 0.000000555. The highest BCUT2D eigenvalue weighted by Crippen LogP contribution is 2.27. The molecule has 0 aromatic carbocycles. The van der Waals surface area contributed by atoms with Crippen LogP contribution in [-0.4, -0.2) is 5.97 Å². The van der Waals surface area contributed by atoms with Crippen molar-refractivity contribution >= 4 is 5.97 Å². The van der Waals surface area contributed by atoms with Gasteiger partial charge in [0.05, 0.1) is 0 Å². The molecule has 2 nitrogen and oxygen atoms in total. The fraction of sp³-hybridized carbons (Fsp3) is 0.941. The Bertz CT molecular complexity index is 193. The number of carboxylic acids is 1. The summed E-state index contributed by atoms with van der Waals surface area (Å²) in [7, 11) is 0. The molecule has 0 unspecified atom stereocenters. The van der Waals surface area contributed by atoms with Crippen LogP contribution in [0.15, 0.2) is 0 Å². The van der Waals surface area contributed by atoms with Crippen LogP contribution >= 0.6 is 0 Å². The number of hydrogen-bond acceptors (Lipinski definition) is 2. The van der Waals surface area contributed by atoms with E-state index in [9.17, 15) is 9.90 Å². The summed E-state index contributed by atoms with van der Waals surface area (Å²) in [4.78, 5) is 9.26. The predicted octanol–water partition coefficient (Wildman–Crippen LogP) is 4.46. The van der Waals surface area contributed by atoms with Gasteiger partial charge in [-0.1, -0.05) is 90.9 Å². The summed E-state index contributed by atoms with van der Waals surface area (Å²) in [5.41, 5.74) is 0. The Labute approximate surface area is 120 Å². The average molecular weight is 269 g/mol. The maximum Gasteiger partial charge on any atom is 0.0411 e. The summed E-state index contributed by atoms with van der Waals surface area (Å²) in [6.07, 6.45) is 18.1. The number of unbranched alkanes of at least 4 members (excludes halogenated alkanes) is 4. The van der Waals surface area contributed by atoms with Crippen LogP contribution in [0.3, 0.4) is 0 Å². The molecule has 0 N–H and O–H groups in total. The molecule has 0 bridgehead atoms. The minimum atomic E-state index is -0.995. The summed E-state index contributed by atoms with van der Waals surface area (Å²) >= 11 is 0. The van der Waals surface area contributed by atoms with Crippen molar-refractivity contribution in [3.05, 3.63) is 0 Å². The van der Waals surface area contributed by atoms with Crippen molar-refractivity contribution in [1.29, 1.82) is 0 Å². The minimum absolute atomic E-state index is 0.111. The first-order valence-electron chi connectivity index (χ1n) is 8.40. The Hall–Kier alpha value is -0.530. The van der Waals surface area contributed by atoms with E-state index < -0.39 is 5.97 Å². The second kappa shape index (κ2) is 13.9. The second-order valence-electron chi connectivity index (χ2n) is 5.79. The first kappa shape index (κ1) is 18.5. The topological polar surface area (TPSA) is 40.1 Å². The van der Waals surface area contributed by atoms with Gasteiger partial charge in [0.1, 0.15) is 0 Å². The molecule has 1 aliphatic rings. The SMILES string of the molecule is CCC(=O)[O-].CCCCCCCC1CCCCCC1. The zero-order chi connectivity index (χ0) is 14.3. The van der Waals surface area contributed by atoms with Crippen LogP contribution in [0.4, 0.5) is 0 Å². The van der Waals surface area contributed by atoms with Gasteiger partial charge in [-0.15, -0.1) is 0 Å². The lowest BCUT2D eigenvalue weighted by Gasteiger charge is -2.13. The molecule has 0 saturated heterocycles. The van der Waals surface area contributed by atoms with Gasteiger partial charge in [0.25, 0.3) is 0 Å². The van der Waals surface area contributed by atoms with E-state index in [4.69, 9.17) is 0 Å². The lowest BCUT2D eigenvalue weighted by molar-refractivity contribution is -0.305. The normalized spacial score (nSPS) is 16.3. The van der Waals surface area contributed by atoms with Crippen molar-refractivity contribution < 1.29 is 9.90 Å². The molecule has 19 heavy (non-hydrogen) atoms. The number of rotatable bonds is 7. The molecule has 1 aliphatic carbocycles. The number of carbonyl (C=O) groups is 1. The maximum atomic E-state index is 9.26. The minimum Gasteiger partial charge on any atom is -0.550 e. The summed E-state index contributed by atoms with van der Waals surface area (Å²) in [5.74, 6) is 0.101. The molecule has 114 valence electrons. The zero-order valence-electron chi connectivity index (χ0n) is 13.1. The van der Waals surface area contributed by atoms with Crippen LogP contribution in [0.2, 0.25) is 0 Å². The molecule has 1 saturated carbocycles. The fourth-order valence-corrected chi connectivity index (χ4v) is 2.69. The average Bonchev–Trinajstić information content (AvgIpc) is 2.68. The van der Waals surface area contributed by atoms with Crippen molar-refractivity contribution in [2.75, 3.05) is 0 Å². The lowest BCUT2D eigenvalue weighted by Crippen LogP contribution is -2.19. The van der Waals surface area contributed by atoms with E-state index >= 15 is 0 Å². The van der Waals surface area contributed by atoms with E-state index in [-0.39, 0.29) is 6.42 Å². The highest BCUT2D eigenvalue weighted by atomic mass is 16.4. The summed E-state index contributed by atoms with van der Waals surface area (Å²) in [6, 6.07) is 0. The third-order valence-electron chi connectivity index (χ3n) is 3.98. The quantitative estimate of drug-likeness (QED) is 0.505. The third-order valence-corrected chi connectivity index (χ3v) is 3.98. The van der Waals surface area contributed by atoms with Gasteiger partial charge >= 0.3 is 0 Å². The molecule has 0 amide bonds. The Morgan fingerprint density at radius 2 is 1.47 bits per heavy atom. The van der Waals surface area contributed by atoms with Crippen LogP contribution < -0.4 is 5.11 Å². The third kappa shape index (κ3) is 13.7. The summed E-state index contributed by atoms with van der Waals surface area (Å²) in [5, 5.41) is 9.26. The molecule has 0 aromatic heterocycles. The largest absolute Gasteiger partial charge is 0.550 e. The maximum absolute atomic E-state index is 9.26. The van der Waals surface area contributed by atoms with E-state index in [0.29, 0.717) is 0 Å². The summed E-state index contributed by atoms with van der Waals surface area (Å²) in [6.45, 7) is 3.83. The van der Waals surface area contributed by atoms with Gasteiger partial charge in [-0.25, -0.2) is 0 Å². The van der Waals surface area contributed by atoms with E-state index in [0.717, 1.165) is 5.92 Å². The van der Waals surface area contributed by atoms with Gasteiger partial charge in [-0.05, 0) is 12.3 Å². The molecule has 0 heterocycles. The first-order chi connectivity index (χ1) is 9.20. The zero-order valence-corrected chi connectivity index (χ0v) is 13.1. The molecule has 0 spiro atoms. The van der Waals surface area contributed by atoms with Gasteiger partial charge in [0, 0.05) is 5.97 Å². The van der Waals surface area contributed by atoms with E-state index in [1.54, 1.807) is 0 Å². The number of hydrogen-bond donors (Lipinski definition) is 0. The second-order valence-corrected chi connectivity index (χ2v) is 5.79. The standard InChI is InChI=1S/C14H28.C3H6O2/c1-2-3-4-5-8-11-14-12-9-6-7-10-13-14;1-2-3(4)5/h14H,2-13H2,1H3;2H2,1H3,(H,4,5)/p-1. The van der Waals surface area contributed by atoms with E-state index in [1.165, 1.54) is 84.0 Å². The highest BCUT2D eigenvalue weighted by molar-refractivity contribution is 5.63. The van der Waals surface area contributed by atoms with Crippen molar-refractivity contribution in [3.8, 4) is 0 Å². The number of carboxylic acid groups (broad SMARTS) is 1. The molecular formula is C17H33O2-. The lowest BCUT2D eigenvalue weighted by atomic mass is 9.93. The number of carbonyl (C=O) groups excluding carboxylic acids is 1. The van der Waals surface area contributed by atoms with Gasteiger partial charge in [0.15, 0.2) is 0 Å². The van der Waals surface area contributed by atoms with E-state index in [2.05, 4.69) is 6.92 Å². The van der Waals surface area contributed by atoms with Crippen LogP contribution in [-0.2, 0) is 4.79 Å². The van der Waals surface area contributed by atoms with Crippen molar-refractivity contribution in [2.45, 2.75) is 97.3 Å². The number of aliphatic carboxylic acids is 1. The monoisotopic (exact) mass is 269 g/mol. The molecule has 1 rings (SSSR count). The summed E-state index contributed by atoms with van der Waals surface area (Å²) < 4.78 is 0. The van der Waals surface area contributed by atoms with E-state index in [1.807, 2.05) is 0 Å². The smallest absolute Gasteiger partial charge is 0.0411 e. The van der Waals surface area contributed by atoms with Gasteiger partial charge in [-0.2, -0.15) is 0 Å².